The van der Waals surface area contributed by atoms with Gasteiger partial charge < -0.3 is 5.32 Å². The number of nitrogens with zero attached hydrogens (tertiary/aromatic N) is 1. The summed E-state index contributed by atoms with van der Waals surface area (Å²) in [6.07, 6.45) is 13.8. The lowest BCUT2D eigenvalue weighted by Crippen LogP contribution is -2.39. The minimum Gasteiger partial charge on any atom is -0.311 e. The van der Waals surface area contributed by atoms with Crippen molar-refractivity contribution < 1.29 is 0 Å². The van der Waals surface area contributed by atoms with E-state index in [1.165, 1.54) is 31.2 Å². The average molecular weight is 214 g/mol. The van der Waals surface area contributed by atoms with Crippen LogP contribution in [0.15, 0.2) is 30.6 Å². The maximum Gasteiger partial charge on any atom is 0.0340 e. The second-order valence-electron chi connectivity index (χ2n) is 4.93. The topological polar surface area (TPSA) is 24.9 Å². The molecule has 1 N–H and O–H groups in total. The van der Waals surface area contributed by atoms with Gasteiger partial charge in [0, 0.05) is 24.5 Å². The van der Waals surface area contributed by atoms with Gasteiger partial charge in [-0.3, -0.25) is 4.98 Å². The van der Waals surface area contributed by atoms with Crippen LogP contribution in [0.4, 0.5) is 0 Å². The number of nitrogens with one attached hydrogen (secondary N) is 1. The third-order valence-corrected chi connectivity index (χ3v) is 3.86. The van der Waals surface area contributed by atoms with Crippen molar-refractivity contribution in [1.82, 2.24) is 10.3 Å². The van der Waals surface area contributed by atoms with Crippen LogP contribution in [0.2, 0.25) is 0 Å². The van der Waals surface area contributed by atoms with Crippen molar-refractivity contribution in [3.05, 3.63) is 36.2 Å². The number of rotatable bonds is 2. The highest BCUT2D eigenvalue weighted by molar-refractivity contribution is 5.47. The summed E-state index contributed by atoms with van der Waals surface area (Å²) >= 11 is 0. The highest BCUT2D eigenvalue weighted by Gasteiger charge is 2.33. The minimum absolute atomic E-state index is 0.721. The molecule has 3 rings (SSSR count). The summed E-state index contributed by atoms with van der Waals surface area (Å²) in [5, 5.41) is 3.71. The molecule has 0 spiro atoms. The Morgan fingerprint density at radius 1 is 1.25 bits per heavy atom. The molecule has 2 fully saturated rings. The Bertz CT molecular complexity index is 372. The zero-order valence-corrected chi connectivity index (χ0v) is 9.47. The monoisotopic (exact) mass is 214 g/mol. The lowest BCUT2D eigenvalue weighted by molar-refractivity contribution is 0.339. The average Bonchev–Trinajstić information content (AvgIpc) is 2.72. The second-order valence-corrected chi connectivity index (χ2v) is 4.93. The molecule has 1 aromatic heterocycles. The summed E-state index contributed by atoms with van der Waals surface area (Å²) in [5.74, 6) is 0.721. The van der Waals surface area contributed by atoms with Gasteiger partial charge in [-0.05, 0) is 43.2 Å². The van der Waals surface area contributed by atoms with Gasteiger partial charge >= 0.3 is 0 Å². The van der Waals surface area contributed by atoms with Crippen molar-refractivity contribution in [3.63, 3.8) is 0 Å². The lowest BCUT2D eigenvalue weighted by atomic mass is 9.91. The molecule has 2 aliphatic heterocycles. The fourth-order valence-electron chi connectivity index (χ4n) is 2.95. The molecule has 2 bridgehead atoms. The molecule has 0 saturated carbocycles. The Hall–Kier alpha value is -1.15. The molecule has 1 aromatic rings. The quantitative estimate of drug-likeness (QED) is 0.818. The van der Waals surface area contributed by atoms with E-state index in [0.717, 1.165) is 18.0 Å². The molecule has 16 heavy (non-hydrogen) atoms. The van der Waals surface area contributed by atoms with Crippen LogP contribution in [0, 0.1) is 5.92 Å². The van der Waals surface area contributed by atoms with E-state index in [4.69, 9.17) is 0 Å². The summed E-state index contributed by atoms with van der Waals surface area (Å²) in [5.41, 5.74) is 1.21. The van der Waals surface area contributed by atoms with Crippen molar-refractivity contribution in [2.45, 2.75) is 37.8 Å². The Morgan fingerprint density at radius 2 is 2.19 bits per heavy atom. The van der Waals surface area contributed by atoms with Crippen LogP contribution in [-0.2, 0) is 0 Å². The van der Waals surface area contributed by atoms with Crippen LogP contribution in [0.25, 0.3) is 6.08 Å². The van der Waals surface area contributed by atoms with Crippen molar-refractivity contribution in [3.8, 4) is 0 Å². The molecule has 2 heteroatoms. The van der Waals surface area contributed by atoms with Crippen molar-refractivity contribution >= 4 is 6.08 Å². The van der Waals surface area contributed by atoms with Crippen LogP contribution in [0.5, 0.6) is 0 Å². The molecule has 3 heterocycles. The predicted octanol–water partition coefficient (Wildman–Crippen LogP) is 2.63. The van der Waals surface area contributed by atoms with E-state index in [2.05, 4.69) is 28.5 Å². The minimum atomic E-state index is 0.721. The maximum absolute atomic E-state index is 4.13. The molecule has 0 aromatic carbocycles. The van der Waals surface area contributed by atoms with Crippen LogP contribution in [0.3, 0.4) is 0 Å². The summed E-state index contributed by atoms with van der Waals surface area (Å²) < 4.78 is 0. The number of fused-ring (bicyclic) bond motifs is 2. The van der Waals surface area contributed by atoms with Crippen LogP contribution >= 0.6 is 0 Å². The third-order valence-electron chi connectivity index (χ3n) is 3.86. The normalized spacial score (nSPS) is 33.4. The first-order valence-corrected chi connectivity index (χ1v) is 6.26. The van der Waals surface area contributed by atoms with Gasteiger partial charge in [-0.25, -0.2) is 0 Å². The number of aromatic nitrogens is 1. The number of hydrogen-bond acceptors (Lipinski definition) is 2. The smallest absolute Gasteiger partial charge is 0.0340 e. The third kappa shape index (κ3) is 2.03. The molecule has 2 saturated heterocycles. The zero-order valence-electron chi connectivity index (χ0n) is 9.47. The first-order valence-electron chi connectivity index (χ1n) is 6.26. The van der Waals surface area contributed by atoms with E-state index < -0.39 is 0 Å². The van der Waals surface area contributed by atoms with E-state index >= 15 is 0 Å². The molecule has 84 valence electrons. The van der Waals surface area contributed by atoms with Gasteiger partial charge in [-0.1, -0.05) is 18.2 Å². The number of piperidine rings is 1. The van der Waals surface area contributed by atoms with Crippen molar-refractivity contribution in [1.29, 1.82) is 0 Å². The SMILES string of the molecule is C(=CC1CCC2CCC1N2)c1cccnc1. The molecule has 0 aliphatic carbocycles. The Labute approximate surface area is 96.8 Å². The Kier molecular flexibility index (Phi) is 2.75. The Morgan fingerprint density at radius 3 is 3.06 bits per heavy atom. The van der Waals surface area contributed by atoms with E-state index in [1.54, 1.807) is 0 Å². The van der Waals surface area contributed by atoms with Crippen molar-refractivity contribution in [2.24, 2.45) is 5.92 Å². The largest absolute Gasteiger partial charge is 0.311 e. The summed E-state index contributed by atoms with van der Waals surface area (Å²) in [7, 11) is 0. The molecule has 0 amide bonds. The van der Waals surface area contributed by atoms with E-state index in [0.29, 0.717) is 0 Å². The van der Waals surface area contributed by atoms with Gasteiger partial charge in [0.05, 0.1) is 0 Å². The standard InChI is InChI=1S/C14H18N2/c1-2-11(10-15-9-1)3-4-12-5-6-13-7-8-14(12)16-13/h1-4,9-10,12-14,16H,5-8H2. The van der Waals surface area contributed by atoms with E-state index in [-0.39, 0.29) is 0 Å². The summed E-state index contributed by atoms with van der Waals surface area (Å²) in [6.45, 7) is 0. The van der Waals surface area contributed by atoms with Gasteiger partial charge in [0.2, 0.25) is 0 Å². The van der Waals surface area contributed by atoms with Gasteiger partial charge in [0.1, 0.15) is 0 Å². The van der Waals surface area contributed by atoms with Crippen LogP contribution in [-0.4, -0.2) is 17.1 Å². The molecule has 2 nitrogen and oxygen atoms in total. The van der Waals surface area contributed by atoms with Gasteiger partial charge in [-0.2, -0.15) is 0 Å². The van der Waals surface area contributed by atoms with Crippen LogP contribution in [0.1, 0.15) is 31.2 Å². The highest BCUT2D eigenvalue weighted by Crippen LogP contribution is 2.32. The van der Waals surface area contributed by atoms with Gasteiger partial charge in [0.25, 0.3) is 0 Å². The number of hydrogen-bond donors (Lipinski definition) is 1. The van der Waals surface area contributed by atoms with Gasteiger partial charge in [0.15, 0.2) is 0 Å². The Balaban J connectivity index is 1.68. The summed E-state index contributed by atoms with van der Waals surface area (Å²) in [4.78, 5) is 4.13. The predicted molar refractivity (Wildman–Crippen MR) is 65.9 cm³/mol. The first kappa shape index (κ1) is 10.0. The molecule has 3 unspecified atom stereocenters. The highest BCUT2D eigenvalue weighted by atomic mass is 15.0. The second kappa shape index (κ2) is 4.38. The summed E-state index contributed by atoms with van der Waals surface area (Å²) in [6, 6.07) is 5.64. The zero-order chi connectivity index (χ0) is 10.8. The maximum atomic E-state index is 4.13. The van der Waals surface area contributed by atoms with Gasteiger partial charge in [-0.15, -0.1) is 0 Å². The van der Waals surface area contributed by atoms with E-state index in [9.17, 15) is 0 Å². The number of pyridine rings is 1. The molecule has 0 radical (unpaired) electrons. The molecular formula is C14H18N2. The fourth-order valence-corrected chi connectivity index (χ4v) is 2.95. The molecule has 2 aliphatic rings. The molecular weight excluding hydrogens is 196 g/mol. The molecule has 3 atom stereocenters. The fraction of sp³-hybridized carbons (Fsp3) is 0.500. The lowest BCUT2D eigenvalue weighted by Gasteiger charge is -2.27. The van der Waals surface area contributed by atoms with Crippen molar-refractivity contribution in [2.75, 3.05) is 0 Å². The van der Waals surface area contributed by atoms with E-state index in [1.807, 2.05) is 18.5 Å². The van der Waals surface area contributed by atoms with Crippen LogP contribution < -0.4 is 5.32 Å². The first-order chi connectivity index (χ1) is 7.92.